The van der Waals surface area contributed by atoms with Crippen LogP contribution in [0.3, 0.4) is 0 Å². The van der Waals surface area contributed by atoms with E-state index in [9.17, 15) is 4.79 Å². The summed E-state index contributed by atoms with van der Waals surface area (Å²) in [5.74, 6) is -0.0808. The van der Waals surface area contributed by atoms with Gasteiger partial charge in [0.1, 0.15) is 0 Å². The molecule has 0 fully saturated rings. The van der Waals surface area contributed by atoms with Crippen molar-refractivity contribution >= 4 is 17.3 Å². The van der Waals surface area contributed by atoms with Crippen molar-refractivity contribution in [2.24, 2.45) is 5.11 Å². The molecule has 2 rings (SSSR count). The van der Waals surface area contributed by atoms with Crippen LogP contribution in [-0.4, -0.2) is 5.91 Å². The highest BCUT2D eigenvalue weighted by molar-refractivity contribution is 5.92. The highest BCUT2D eigenvalue weighted by Gasteiger charge is 2.03. The van der Waals surface area contributed by atoms with Gasteiger partial charge in [-0.1, -0.05) is 47.6 Å². The van der Waals surface area contributed by atoms with E-state index >= 15 is 0 Å². The average Bonchev–Trinajstić information content (AvgIpc) is 2.42. The highest BCUT2D eigenvalue weighted by atomic mass is 16.1. The van der Waals surface area contributed by atoms with Gasteiger partial charge < -0.3 is 5.32 Å². The van der Waals surface area contributed by atoms with Gasteiger partial charge in [0, 0.05) is 16.3 Å². The lowest BCUT2D eigenvalue weighted by molar-refractivity contribution is -0.115. The molecule has 0 aliphatic heterocycles. The van der Waals surface area contributed by atoms with Crippen molar-refractivity contribution in [3.05, 3.63) is 70.6 Å². The first-order valence-electron chi connectivity index (χ1n) is 5.77. The molecule has 0 saturated heterocycles. The second-order valence-electron chi connectivity index (χ2n) is 3.95. The van der Waals surface area contributed by atoms with Crippen molar-refractivity contribution in [2.45, 2.75) is 6.42 Å². The third-order valence-corrected chi connectivity index (χ3v) is 2.52. The summed E-state index contributed by atoms with van der Waals surface area (Å²) < 4.78 is 0. The van der Waals surface area contributed by atoms with E-state index in [1.165, 1.54) is 0 Å². The van der Waals surface area contributed by atoms with Gasteiger partial charge in [-0.2, -0.15) is 0 Å². The molecule has 2 aromatic rings. The number of carbonyl (C=O) groups excluding carboxylic acids is 1. The van der Waals surface area contributed by atoms with Gasteiger partial charge in [-0.15, -0.1) is 0 Å². The Kier molecular flexibility index (Phi) is 4.16. The van der Waals surface area contributed by atoms with Crippen molar-refractivity contribution in [2.75, 3.05) is 5.32 Å². The molecule has 5 nitrogen and oxygen atoms in total. The molecule has 0 bridgehead atoms. The average molecular weight is 252 g/mol. The molecule has 0 unspecified atom stereocenters. The number of benzene rings is 2. The summed E-state index contributed by atoms with van der Waals surface area (Å²) in [6.07, 6.45) is 0.332. The van der Waals surface area contributed by atoms with E-state index in [0.717, 1.165) is 5.56 Å². The molecule has 1 amide bonds. The van der Waals surface area contributed by atoms with Crippen molar-refractivity contribution in [3.63, 3.8) is 0 Å². The van der Waals surface area contributed by atoms with Crippen LogP contribution in [0.1, 0.15) is 5.56 Å². The first-order valence-corrected chi connectivity index (χ1v) is 5.77. The first kappa shape index (κ1) is 12.7. The van der Waals surface area contributed by atoms with Gasteiger partial charge >= 0.3 is 0 Å². The van der Waals surface area contributed by atoms with Crippen LogP contribution in [0, 0.1) is 0 Å². The minimum absolute atomic E-state index is 0.0808. The van der Waals surface area contributed by atoms with E-state index in [-0.39, 0.29) is 5.91 Å². The lowest BCUT2D eigenvalue weighted by atomic mass is 10.1. The van der Waals surface area contributed by atoms with E-state index in [4.69, 9.17) is 5.53 Å². The predicted molar refractivity (Wildman–Crippen MR) is 74.0 cm³/mol. The Balaban J connectivity index is 1.97. The smallest absolute Gasteiger partial charge is 0.228 e. The molecule has 94 valence electrons. The van der Waals surface area contributed by atoms with Crippen molar-refractivity contribution < 1.29 is 4.79 Å². The molecule has 0 saturated carbocycles. The van der Waals surface area contributed by atoms with Crippen LogP contribution in [0.15, 0.2) is 59.7 Å². The molecule has 19 heavy (non-hydrogen) atoms. The summed E-state index contributed by atoms with van der Waals surface area (Å²) in [7, 11) is 0. The first-order chi connectivity index (χ1) is 9.28. The molecule has 0 aliphatic rings. The van der Waals surface area contributed by atoms with E-state index in [0.29, 0.717) is 17.8 Å². The zero-order valence-electron chi connectivity index (χ0n) is 10.2. The number of nitrogens with zero attached hydrogens (tertiary/aromatic N) is 3. The lowest BCUT2D eigenvalue weighted by Gasteiger charge is -2.05. The molecule has 2 aromatic carbocycles. The molecule has 0 radical (unpaired) electrons. The number of carbonyl (C=O) groups is 1. The van der Waals surface area contributed by atoms with E-state index < -0.39 is 0 Å². The molecular weight excluding hydrogens is 240 g/mol. The largest absolute Gasteiger partial charge is 0.326 e. The number of rotatable bonds is 4. The number of amides is 1. The van der Waals surface area contributed by atoms with Crippen LogP contribution in [0.2, 0.25) is 0 Å². The van der Waals surface area contributed by atoms with Gasteiger partial charge in [0.2, 0.25) is 5.91 Å². The maximum Gasteiger partial charge on any atom is 0.228 e. The van der Waals surface area contributed by atoms with Crippen molar-refractivity contribution in [1.82, 2.24) is 0 Å². The summed E-state index contributed by atoms with van der Waals surface area (Å²) in [4.78, 5) is 14.5. The summed E-state index contributed by atoms with van der Waals surface area (Å²) >= 11 is 0. The Bertz CT molecular complexity index is 601. The minimum Gasteiger partial charge on any atom is -0.326 e. The fraction of sp³-hybridized carbons (Fsp3) is 0.0714. The monoisotopic (exact) mass is 252 g/mol. The minimum atomic E-state index is -0.0808. The SMILES string of the molecule is [N-]=[N+]=Nc1ccc(NC(=O)Cc2ccccc2)cc1. The molecule has 0 aliphatic carbocycles. The Labute approximate surface area is 110 Å². The molecule has 5 heteroatoms. The van der Waals surface area contributed by atoms with Crippen LogP contribution < -0.4 is 5.32 Å². The molecule has 0 heterocycles. The molecule has 1 N–H and O–H groups in total. The number of hydrogen-bond donors (Lipinski definition) is 1. The second kappa shape index (κ2) is 6.23. The third kappa shape index (κ3) is 3.87. The van der Waals surface area contributed by atoms with Crippen molar-refractivity contribution in [1.29, 1.82) is 0 Å². The summed E-state index contributed by atoms with van der Waals surface area (Å²) in [6, 6.07) is 16.2. The van der Waals surface area contributed by atoms with Crippen LogP contribution in [0.5, 0.6) is 0 Å². The maximum atomic E-state index is 11.8. The Morgan fingerprint density at radius 2 is 1.79 bits per heavy atom. The van der Waals surface area contributed by atoms with E-state index in [2.05, 4.69) is 15.3 Å². The lowest BCUT2D eigenvalue weighted by Crippen LogP contribution is -2.14. The molecule has 0 spiro atoms. The number of azide groups is 1. The fourth-order valence-electron chi connectivity index (χ4n) is 1.65. The number of nitrogens with one attached hydrogen (secondary N) is 1. The van der Waals surface area contributed by atoms with Gasteiger partial charge in [0.25, 0.3) is 0 Å². The van der Waals surface area contributed by atoms with Crippen LogP contribution >= 0.6 is 0 Å². The second-order valence-corrected chi connectivity index (χ2v) is 3.95. The standard InChI is InChI=1S/C14H12N4O/c15-18-17-13-8-6-12(7-9-13)16-14(19)10-11-4-2-1-3-5-11/h1-9H,10H2,(H,16,19). The van der Waals surface area contributed by atoms with Gasteiger partial charge in [-0.05, 0) is 23.2 Å². The van der Waals surface area contributed by atoms with Crippen LogP contribution in [-0.2, 0) is 11.2 Å². The van der Waals surface area contributed by atoms with Gasteiger partial charge in [-0.25, -0.2) is 0 Å². The normalized spacial score (nSPS) is 9.47. The van der Waals surface area contributed by atoms with Crippen LogP contribution in [0.25, 0.3) is 10.4 Å². The van der Waals surface area contributed by atoms with Crippen LogP contribution in [0.4, 0.5) is 11.4 Å². The number of hydrogen-bond acceptors (Lipinski definition) is 2. The Morgan fingerprint density at radius 1 is 1.11 bits per heavy atom. The highest BCUT2D eigenvalue weighted by Crippen LogP contribution is 2.16. The topological polar surface area (TPSA) is 77.9 Å². The van der Waals surface area contributed by atoms with Gasteiger partial charge in [0.15, 0.2) is 0 Å². The third-order valence-electron chi connectivity index (χ3n) is 2.52. The summed E-state index contributed by atoms with van der Waals surface area (Å²) in [5, 5.41) is 6.25. The maximum absolute atomic E-state index is 11.8. The van der Waals surface area contributed by atoms with Gasteiger partial charge in [-0.3, -0.25) is 4.79 Å². The summed E-state index contributed by atoms with van der Waals surface area (Å²) in [5.41, 5.74) is 10.4. The zero-order valence-corrected chi connectivity index (χ0v) is 10.2. The van der Waals surface area contributed by atoms with Gasteiger partial charge in [0.05, 0.1) is 6.42 Å². The Morgan fingerprint density at radius 3 is 2.42 bits per heavy atom. The predicted octanol–water partition coefficient (Wildman–Crippen LogP) is 3.81. The molecule has 0 aromatic heterocycles. The van der Waals surface area contributed by atoms with Crippen molar-refractivity contribution in [3.8, 4) is 0 Å². The molecular formula is C14H12N4O. The Hall–Kier alpha value is -2.78. The fourth-order valence-corrected chi connectivity index (χ4v) is 1.65. The van der Waals surface area contributed by atoms with E-state index in [1.807, 2.05) is 30.3 Å². The quantitative estimate of drug-likeness (QED) is 0.501. The molecule has 0 atom stereocenters. The number of anilines is 1. The summed E-state index contributed by atoms with van der Waals surface area (Å²) in [6.45, 7) is 0. The zero-order chi connectivity index (χ0) is 13.5. The van der Waals surface area contributed by atoms with E-state index in [1.54, 1.807) is 24.3 Å².